The molecule has 1 aromatic carbocycles. The van der Waals surface area contributed by atoms with E-state index in [2.05, 4.69) is 15.5 Å². The Kier molecular flexibility index (Phi) is 2.98. The second kappa shape index (κ2) is 4.59. The molecule has 1 aromatic heterocycles. The average molecular weight is 241 g/mol. The molecule has 2 rings (SSSR count). The van der Waals surface area contributed by atoms with Gasteiger partial charge in [-0.3, -0.25) is 9.89 Å². The SMILES string of the molecule is Cc1[nH]nc(C(=O)Nc2ccc(C#N)cc2)c1N. The molecule has 0 aliphatic carbocycles. The summed E-state index contributed by atoms with van der Waals surface area (Å²) in [5, 5.41) is 17.8. The normalized spacial score (nSPS) is 9.78. The molecule has 0 aliphatic heterocycles. The maximum atomic E-state index is 11.9. The third-order valence-electron chi connectivity index (χ3n) is 2.48. The van der Waals surface area contributed by atoms with Crippen molar-refractivity contribution in [3.05, 3.63) is 41.2 Å². The number of amides is 1. The number of anilines is 2. The van der Waals surface area contributed by atoms with E-state index in [1.807, 2.05) is 6.07 Å². The molecule has 0 saturated heterocycles. The second-order valence-electron chi connectivity index (χ2n) is 3.75. The third-order valence-corrected chi connectivity index (χ3v) is 2.48. The lowest BCUT2D eigenvalue weighted by atomic mass is 10.2. The topological polar surface area (TPSA) is 108 Å². The van der Waals surface area contributed by atoms with Gasteiger partial charge in [-0.15, -0.1) is 0 Å². The van der Waals surface area contributed by atoms with Gasteiger partial charge in [0.15, 0.2) is 5.69 Å². The molecule has 18 heavy (non-hydrogen) atoms. The lowest BCUT2D eigenvalue weighted by Gasteiger charge is -2.03. The summed E-state index contributed by atoms with van der Waals surface area (Å²) >= 11 is 0. The van der Waals surface area contributed by atoms with Gasteiger partial charge in [0.25, 0.3) is 5.91 Å². The summed E-state index contributed by atoms with van der Waals surface area (Å²) in [6.45, 7) is 1.74. The van der Waals surface area contributed by atoms with Crippen molar-refractivity contribution < 1.29 is 4.79 Å². The number of hydrogen-bond donors (Lipinski definition) is 3. The van der Waals surface area contributed by atoms with Crippen LogP contribution in [0.4, 0.5) is 11.4 Å². The van der Waals surface area contributed by atoms with Crippen molar-refractivity contribution in [3.8, 4) is 6.07 Å². The molecule has 4 N–H and O–H groups in total. The van der Waals surface area contributed by atoms with Gasteiger partial charge in [-0.25, -0.2) is 0 Å². The predicted molar refractivity (Wildman–Crippen MR) is 66.8 cm³/mol. The monoisotopic (exact) mass is 241 g/mol. The summed E-state index contributed by atoms with van der Waals surface area (Å²) in [6, 6.07) is 8.53. The van der Waals surface area contributed by atoms with E-state index in [1.54, 1.807) is 31.2 Å². The van der Waals surface area contributed by atoms with Crippen LogP contribution >= 0.6 is 0 Å². The number of H-pyrrole nitrogens is 1. The number of aryl methyl sites for hydroxylation is 1. The molecule has 0 spiro atoms. The van der Waals surface area contributed by atoms with Crippen molar-refractivity contribution in [2.45, 2.75) is 6.92 Å². The summed E-state index contributed by atoms with van der Waals surface area (Å²) in [4.78, 5) is 11.9. The smallest absolute Gasteiger partial charge is 0.278 e. The number of nitrogens with zero attached hydrogens (tertiary/aromatic N) is 2. The van der Waals surface area contributed by atoms with Gasteiger partial charge >= 0.3 is 0 Å². The van der Waals surface area contributed by atoms with Crippen molar-refractivity contribution in [3.63, 3.8) is 0 Å². The number of benzene rings is 1. The Labute approximate surface area is 103 Å². The van der Waals surface area contributed by atoms with E-state index in [4.69, 9.17) is 11.0 Å². The predicted octanol–water partition coefficient (Wildman–Crippen LogP) is 1.42. The average Bonchev–Trinajstić information content (AvgIpc) is 2.71. The molecule has 0 saturated carbocycles. The van der Waals surface area contributed by atoms with E-state index < -0.39 is 0 Å². The molecule has 0 unspecified atom stereocenters. The molecule has 0 aliphatic rings. The third kappa shape index (κ3) is 2.15. The fourth-order valence-electron chi connectivity index (χ4n) is 1.43. The fraction of sp³-hybridized carbons (Fsp3) is 0.0833. The highest BCUT2D eigenvalue weighted by Crippen LogP contribution is 2.15. The Morgan fingerprint density at radius 3 is 2.61 bits per heavy atom. The van der Waals surface area contributed by atoms with E-state index >= 15 is 0 Å². The highest BCUT2D eigenvalue weighted by molar-refractivity contribution is 6.06. The standard InChI is InChI=1S/C12H11N5O/c1-7-10(14)11(17-16-7)12(18)15-9-4-2-8(6-13)3-5-9/h2-5H,14H2,1H3,(H,15,18)(H,16,17). The number of aromatic amines is 1. The quantitative estimate of drug-likeness (QED) is 0.738. The van der Waals surface area contributed by atoms with Crippen LogP contribution in [0.25, 0.3) is 0 Å². The number of nitrogens with two attached hydrogens (primary N) is 1. The van der Waals surface area contributed by atoms with Crippen molar-refractivity contribution in [2.75, 3.05) is 11.1 Å². The number of nitrogens with one attached hydrogen (secondary N) is 2. The zero-order valence-corrected chi connectivity index (χ0v) is 9.69. The van der Waals surface area contributed by atoms with Crippen LogP contribution in [0.15, 0.2) is 24.3 Å². The van der Waals surface area contributed by atoms with Gasteiger partial charge in [0.1, 0.15) is 0 Å². The van der Waals surface area contributed by atoms with Crippen LogP contribution in [0.3, 0.4) is 0 Å². The second-order valence-corrected chi connectivity index (χ2v) is 3.75. The van der Waals surface area contributed by atoms with Crippen molar-refractivity contribution in [2.24, 2.45) is 0 Å². The van der Waals surface area contributed by atoms with Crippen molar-refractivity contribution >= 4 is 17.3 Å². The molecule has 0 fully saturated rings. The Balaban J connectivity index is 2.16. The first-order valence-corrected chi connectivity index (χ1v) is 5.23. The van der Waals surface area contributed by atoms with E-state index in [1.165, 1.54) is 0 Å². The first-order valence-electron chi connectivity index (χ1n) is 5.23. The molecule has 1 amide bonds. The molecule has 90 valence electrons. The van der Waals surface area contributed by atoms with E-state index in [9.17, 15) is 4.79 Å². The minimum absolute atomic E-state index is 0.164. The molecule has 6 nitrogen and oxygen atoms in total. The summed E-state index contributed by atoms with van der Waals surface area (Å²) < 4.78 is 0. The summed E-state index contributed by atoms with van der Waals surface area (Å²) in [7, 11) is 0. The van der Waals surface area contributed by atoms with Gasteiger partial charge in [-0.2, -0.15) is 10.4 Å². The fourth-order valence-corrected chi connectivity index (χ4v) is 1.43. The molecule has 0 bridgehead atoms. The summed E-state index contributed by atoms with van der Waals surface area (Å²) in [5.74, 6) is -0.387. The van der Waals surface area contributed by atoms with E-state index in [0.717, 1.165) is 0 Å². The van der Waals surface area contributed by atoms with Crippen LogP contribution in [0.5, 0.6) is 0 Å². The molecular weight excluding hydrogens is 230 g/mol. The first kappa shape index (κ1) is 11.7. The molecule has 0 atom stereocenters. The number of nitriles is 1. The number of aromatic nitrogens is 2. The van der Waals surface area contributed by atoms with Gasteiger partial charge in [0, 0.05) is 5.69 Å². The Morgan fingerprint density at radius 2 is 2.11 bits per heavy atom. The molecule has 2 aromatic rings. The van der Waals surface area contributed by atoms with Crippen molar-refractivity contribution in [1.82, 2.24) is 10.2 Å². The van der Waals surface area contributed by atoms with Crippen LogP contribution in [-0.2, 0) is 0 Å². The lowest BCUT2D eigenvalue weighted by molar-refractivity contribution is 0.102. The first-order chi connectivity index (χ1) is 8.61. The highest BCUT2D eigenvalue weighted by Gasteiger charge is 2.15. The van der Waals surface area contributed by atoms with Crippen LogP contribution in [0, 0.1) is 18.3 Å². The van der Waals surface area contributed by atoms with Crippen LogP contribution in [0.1, 0.15) is 21.7 Å². The maximum Gasteiger partial charge on any atom is 0.278 e. The zero-order valence-electron chi connectivity index (χ0n) is 9.69. The van der Waals surface area contributed by atoms with Crippen molar-refractivity contribution in [1.29, 1.82) is 5.26 Å². The molecule has 0 radical (unpaired) electrons. The van der Waals surface area contributed by atoms with Gasteiger partial charge < -0.3 is 11.1 Å². The maximum absolute atomic E-state index is 11.9. The van der Waals surface area contributed by atoms with Gasteiger partial charge in [0.05, 0.1) is 23.0 Å². The number of nitrogen functional groups attached to an aromatic ring is 1. The number of rotatable bonds is 2. The molecular formula is C12H11N5O. The highest BCUT2D eigenvalue weighted by atomic mass is 16.2. The van der Waals surface area contributed by atoms with Crippen LogP contribution in [0.2, 0.25) is 0 Å². The summed E-state index contributed by atoms with van der Waals surface area (Å²) in [6.07, 6.45) is 0. The number of carbonyl (C=O) groups excluding carboxylic acids is 1. The number of carbonyl (C=O) groups is 1. The Bertz CT molecular complexity index is 621. The largest absolute Gasteiger partial charge is 0.395 e. The Hall–Kier alpha value is -2.81. The Morgan fingerprint density at radius 1 is 1.44 bits per heavy atom. The minimum Gasteiger partial charge on any atom is -0.395 e. The van der Waals surface area contributed by atoms with Gasteiger partial charge in [-0.05, 0) is 31.2 Å². The number of hydrogen-bond acceptors (Lipinski definition) is 4. The van der Waals surface area contributed by atoms with Gasteiger partial charge in [0.2, 0.25) is 0 Å². The van der Waals surface area contributed by atoms with E-state index in [0.29, 0.717) is 22.6 Å². The zero-order chi connectivity index (χ0) is 13.1. The summed E-state index contributed by atoms with van der Waals surface area (Å²) in [5.41, 5.74) is 7.97. The van der Waals surface area contributed by atoms with Crippen LogP contribution < -0.4 is 11.1 Å². The minimum atomic E-state index is -0.387. The van der Waals surface area contributed by atoms with Crippen LogP contribution in [-0.4, -0.2) is 16.1 Å². The molecule has 1 heterocycles. The lowest BCUT2D eigenvalue weighted by Crippen LogP contribution is -2.14. The molecule has 6 heteroatoms. The van der Waals surface area contributed by atoms with E-state index in [-0.39, 0.29) is 11.6 Å². The van der Waals surface area contributed by atoms with Gasteiger partial charge in [-0.1, -0.05) is 0 Å².